The van der Waals surface area contributed by atoms with Gasteiger partial charge in [-0.2, -0.15) is 0 Å². The van der Waals surface area contributed by atoms with Crippen molar-refractivity contribution in [2.45, 2.75) is 31.2 Å². The molecule has 30 heavy (non-hydrogen) atoms. The predicted octanol–water partition coefficient (Wildman–Crippen LogP) is 3.50. The highest BCUT2D eigenvalue weighted by Gasteiger charge is 2.21. The van der Waals surface area contributed by atoms with Gasteiger partial charge < -0.3 is 15.0 Å². The largest absolute Gasteiger partial charge is 0.462 e. The molecule has 2 aromatic heterocycles. The number of carbonyl (C=O) groups is 2. The first-order valence-corrected chi connectivity index (χ1v) is 10.9. The van der Waals surface area contributed by atoms with Crippen LogP contribution in [0, 0.1) is 6.92 Å². The molecule has 0 aliphatic carbocycles. The maximum Gasteiger partial charge on any atom is 0.350 e. The lowest BCUT2D eigenvalue weighted by molar-refractivity contribution is -0.115. The number of anilines is 1. The molecule has 3 rings (SSSR count). The summed E-state index contributed by atoms with van der Waals surface area (Å²) in [6.07, 6.45) is 0. The van der Waals surface area contributed by atoms with Crippen molar-refractivity contribution in [1.82, 2.24) is 15.0 Å². The molecule has 0 fully saturated rings. The number of nitrogens with one attached hydrogen (secondary N) is 2. The van der Waals surface area contributed by atoms with Crippen LogP contribution in [0.15, 0.2) is 46.3 Å². The average molecular weight is 445 g/mol. The van der Waals surface area contributed by atoms with Gasteiger partial charge in [0.05, 0.1) is 23.2 Å². The second kappa shape index (κ2) is 9.68. The summed E-state index contributed by atoms with van der Waals surface area (Å²) in [6.45, 7) is 5.36. The van der Waals surface area contributed by atoms with Crippen molar-refractivity contribution in [2.75, 3.05) is 11.9 Å². The third-order valence-corrected chi connectivity index (χ3v) is 5.97. The number of nitrogens with zero attached hydrogens (tertiary/aromatic N) is 2. The van der Waals surface area contributed by atoms with Gasteiger partial charge in [-0.15, -0.1) is 0 Å². The van der Waals surface area contributed by atoms with E-state index in [-0.39, 0.29) is 18.1 Å². The second-order valence-corrected chi connectivity index (χ2v) is 8.53. The Morgan fingerprint density at radius 1 is 1.27 bits per heavy atom. The Labute approximate surface area is 181 Å². The zero-order valence-electron chi connectivity index (χ0n) is 16.6. The second-order valence-electron chi connectivity index (χ2n) is 6.21. The summed E-state index contributed by atoms with van der Waals surface area (Å²) in [7, 11) is 0. The monoisotopic (exact) mass is 444 g/mol. The molecular formula is C20H20N4O4S2. The summed E-state index contributed by atoms with van der Waals surface area (Å²) >= 11 is 2.19. The summed E-state index contributed by atoms with van der Waals surface area (Å²) in [4.78, 5) is 48.2. The van der Waals surface area contributed by atoms with E-state index >= 15 is 0 Å². The summed E-state index contributed by atoms with van der Waals surface area (Å²) in [5.41, 5.74) is 1.54. The molecule has 0 aliphatic heterocycles. The molecule has 2 N–H and O–H groups in total. The fourth-order valence-electron chi connectivity index (χ4n) is 2.51. The molecule has 0 bridgehead atoms. The van der Waals surface area contributed by atoms with Crippen LogP contribution in [0.1, 0.15) is 29.2 Å². The van der Waals surface area contributed by atoms with Crippen LogP contribution in [0.4, 0.5) is 5.13 Å². The molecule has 0 saturated carbocycles. The molecule has 0 saturated heterocycles. The number of esters is 1. The Morgan fingerprint density at radius 3 is 2.70 bits per heavy atom. The Morgan fingerprint density at radius 2 is 2.00 bits per heavy atom. The average Bonchev–Trinajstić information content (AvgIpc) is 3.08. The summed E-state index contributed by atoms with van der Waals surface area (Å²) < 4.78 is 4.99. The molecule has 3 aromatic rings. The number of benzene rings is 1. The number of hydrogen-bond donors (Lipinski definition) is 2. The molecule has 0 spiro atoms. The molecule has 2 heterocycles. The van der Waals surface area contributed by atoms with Gasteiger partial charge >= 0.3 is 5.97 Å². The van der Waals surface area contributed by atoms with E-state index < -0.39 is 11.2 Å². The minimum atomic E-state index is -0.561. The van der Waals surface area contributed by atoms with Crippen molar-refractivity contribution in [3.05, 3.63) is 57.3 Å². The van der Waals surface area contributed by atoms with Crippen LogP contribution >= 0.6 is 23.1 Å². The smallest absolute Gasteiger partial charge is 0.350 e. The van der Waals surface area contributed by atoms with Gasteiger partial charge in [-0.3, -0.25) is 9.59 Å². The standard InChI is InChI=1S/C20H20N4O4S2/c1-4-28-18(27)16-11(2)21-19(30-16)24-17(26)12(3)29-20-22-14(10-15(25)23-20)13-8-6-5-7-9-13/h5-10,12H,4H2,1-3H3,(H,21,24,26)(H,22,23,25). The van der Waals surface area contributed by atoms with Crippen LogP contribution in [-0.2, 0) is 9.53 Å². The third kappa shape index (κ3) is 5.33. The lowest BCUT2D eigenvalue weighted by Gasteiger charge is -2.10. The van der Waals surface area contributed by atoms with E-state index in [1.54, 1.807) is 20.8 Å². The number of aryl methyl sites for hydroxylation is 1. The molecule has 8 nitrogen and oxygen atoms in total. The number of aromatic nitrogens is 3. The predicted molar refractivity (Wildman–Crippen MR) is 117 cm³/mol. The summed E-state index contributed by atoms with van der Waals surface area (Å²) in [5.74, 6) is -0.785. The molecule has 156 valence electrons. The Bertz CT molecular complexity index is 1110. The van der Waals surface area contributed by atoms with Crippen molar-refractivity contribution >= 4 is 40.1 Å². The number of H-pyrrole nitrogens is 1. The SMILES string of the molecule is CCOC(=O)c1sc(NC(=O)C(C)Sc2nc(-c3ccccc3)cc(=O)[nH]2)nc1C. The van der Waals surface area contributed by atoms with Crippen LogP contribution in [0.2, 0.25) is 0 Å². The topological polar surface area (TPSA) is 114 Å². The van der Waals surface area contributed by atoms with E-state index in [0.29, 0.717) is 26.6 Å². The molecular weight excluding hydrogens is 424 g/mol. The number of thioether (sulfide) groups is 1. The number of thiazole rings is 1. The van der Waals surface area contributed by atoms with E-state index in [4.69, 9.17) is 4.74 Å². The molecule has 1 atom stereocenters. The lowest BCUT2D eigenvalue weighted by Crippen LogP contribution is -2.23. The van der Waals surface area contributed by atoms with Gasteiger partial charge in [0, 0.05) is 11.6 Å². The van der Waals surface area contributed by atoms with Gasteiger partial charge in [0.1, 0.15) is 4.88 Å². The third-order valence-electron chi connectivity index (χ3n) is 3.93. The Hall–Kier alpha value is -2.98. The summed E-state index contributed by atoms with van der Waals surface area (Å²) in [6, 6.07) is 10.7. The van der Waals surface area contributed by atoms with Gasteiger partial charge in [0.15, 0.2) is 10.3 Å². The number of rotatable bonds is 7. The van der Waals surface area contributed by atoms with Gasteiger partial charge in [0.25, 0.3) is 5.56 Å². The number of ether oxygens (including phenoxy) is 1. The van der Waals surface area contributed by atoms with Crippen LogP contribution in [0.3, 0.4) is 0 Å². The first kappa shape index (κ1) is 21.7. The van der Waals surface area contributed by atoms with Crippen LogP contribution < -0.4 is 10.9 Å². The van der Waals surface area contributed by atoms with E-state index in [9.17, 15) is 14.4 Å². The number of amides is 1. The van der Waals surface area contributed by atoms with E-state index in [1.165, 1.54) is 6.07 Å². The molecule has 0 aliphatic rings. The molecule has 1 unspecified atom stereocenters. The highest BCUT2D eigenvalue weighted by atomic mass is 32.2. The first-order valence-electron chi connectivity index (χ1n) is 9.16. The molecule has 0 radical (unpaired) electrons. The molecule has 1 aromatic carbocycles. The normalized spacial score (nSPS) is 11.7. The Kier molecular flexibility index (Phi) is 7.01. The minimum absolute atomic E-state index is 0.263. The molecule has 10 heteroatoms. The van der Waals surface area contributed by atoms with Crippen molar-refractivity contribution in [3.63, 3.8) is 0 Å². The number of hydrogen-bond acceptors (Lipinski definition) is 8. The zero-order valence-corrected chi connectivity index (χ0v) is 18.2. The van der Waals surface area contributed by atoms with Gasteiger partial charge in [-0.25, -0.2) is 14.8 Å². The van der Waals surface area contributed by atoms with Gasteiger partial charge in [0.2, 0.25) is 5.91 Å². The minimum Gasteiger partial charge on any atom is -0.462 e. The zero-order chi connectivity index (χ0) is 21.7. The maximum absolute atomic E-state index is 12.6. The maximum atomic E-state index is 12.6. The lowest BCUT2D eigenvalue weighted by atomic mass is 10.1. The van der Waals surface area contributed by atoms with Crippen molar-refractivity contribution in [2.24, 2.45) is 0 Å². The van der Waals surface area contributed by atoms with E-state index in [0.717, 1.165) is 28.7 Å². The van der Waals surface area contributed by atoms with E-state index in [1.807, 2.05) is 30.3 Å². The van der Waals surface area contributed by atoms with Crippen molar-refractivity contribution < 1.29 is 14.3 Å². The number of carbonyl (C=O) groups excluding carboxylic acids is 2. The first-order chi connectivity index (χ1) is 14.4. The van der Waals surface area contributed by atoms with Crippen LogP contribution in [-0.4, -0.2) is 38.7 Å². The van der Waals surface area contributed by atoms with Crippen molar-refractivity contribution in [1.29, 1.82) is 0 Å². The van der Waals surface area contributed by atoms with Crippen LogP contribution in [0.25, 0.3) is 11.3 Å². The fraction of sp³-hybridized carbons (Fsp3) is 0.250. The fourth-order valence-corrected chi connectivity index (χ4v) is 4.19. The summed E-state index contributed by atoms with van der Waals surface area (Å²) in [5, 5.41) is 2.79. The van der Waals surface area contributed by atoms with Gasteiger partial charge in [-0.1, -0.05) is 53.4 Å². The quantitative estimate of drug-likeness (QED) is 0.326. The molecule has 1 amide bonds. The Balaban J connectivity index is 1.71. The highest BCUT2D eigenvalue weighted by molar-refractivity contribution is 8.00. The van der Waals surface area contributed by atoms with E-state index in [2.05, 4.69) is 20.3 Å². The highest BCUT2D eigenvalue weighted by Crippen LogP contribution is 2.26. The number of aromatic amines is 1. The van der Waals surface area contributed by atoms with Gasteiger partial charge in [-0.05, 0) is 20.8 Å². The van der Waals surface area contributed by atoms with Crippen LogP contribution in [0.5, 0.6) is 0 Å². The van der Waals surface area contributed by atoms with Crippen molar-refractivity contribution in [3.8, 4) is 11.3 Å².